The molecule has 1 aliphatic heterocycles. The van der Waals surface area contributed by atoms with Crippen molar-refractivity contribution in [1.82, 2.24) is 24.3 Å². The van der Waals surface area contributed by atoms with Gasteiger partial charge in [0.05, 0.1) is 30.2 Å². The van der Waals surface area contributed by atoms with Crippen molar-refractivity contribution in [3.63, 3.8) is 0 Å². The lowest BCUT2D eigenvalue weighted by molar-refractivity contribution is 0.0735. The van der Waals surface area contributed by atoms with Crippen LogP contribution in [0.1, 0.15) is 18.5 Å². The van der Waals surface area contributed by atoms with Crippen LogP contribution >= 0.6 is 0 Å². The topological polar surface area (TPSA) is 78.6 Å². The van der Waals surface area contributed by atoms with Crippen molar-refractivity contribution in [1.29, 1.82) is 0 Å². The largest absolute Gasteiger partial charge is 0.391 e. The Kier molecular flexibility index (Phi) is 4.26. The molecule has 7 nitrogen and oxygen atoms in total. The van der Waals surface area contributed by atoms with Crippen LogP contribution in [0.4, 0.5) is 5.82 Å². The van der Waals surface area contributed by atoms with Crippen molar-refractivity contribution in [3.05, 3.63) is 54.9 Å². The lowest BCUT2D eigenvalue weighted by atomic mass is 9.77. The van der Waals surface area contributed by atoms with Gasteiger partial charge in [0, 0.05) is 38.2 Å². The Balaban J connectivity index is 1.26. The highest BCUT2D eigenvalue weighted by Gasteiger charge is 2.41. The highest BCUT2D eigenvalue weighted by Crippen LogP contribution is 2.37. The van der Waals surface area contributed by atoms with Crippen molar-refractivity contribution in [3.8, 4) is 0 Å². The maximum atomic E-state index is 10.6. The maximum absolute atomic E-state index is 10.6. The number of pyridine rings is 1. The van der Waals surface area contributed by atoms with E-state index in [4.69, 9.17) is 0 Å². The van der Waals surface area contributed by atoms with E-state index in [1.165, 1.54) is 5.69 Å². The van der Waals surface area contributed by atoms with E-state index in [1.807, 2.05) is 24.4 Å². The first-order chi connectivity index (χ1) is 13.3. The first-order valence-electron chi connectivity index (χ1n) is 9.60. The fourth-order valence-corrected chi connectivity index (χ4v) is 4.71. The summed E-state index contributed by atoms with van der Waals surface area (Å²) >= 11 is 0. The summed E-state index contributed by atoms with van der Waals surface area (Å²) in [7, 11) is 0. The van der Waals surface area contributed by atoms with Crippen LogP contribution in [0.3, 0.4) is 0 Å². The number of fused-ring (bicyclic) bond motifs is 2. The Morgan fingerprint density at radius 3 is 2.81 bits per heavy atom. The molecule has 0 spiro atoms. The molecule has 0 bridgehead atoms. The molecule has 5 rings (SSSR count). The number of hydrogen-bond donors (Lipinski definition) is 2. The first kappa shape index (κ1) is 16.6. The van der Waals surface area contributed by atoms with Gasteiger partial charge in [-0.3, -0.25) is 9.88 Å². The molecule has 1 aliphatic carbocycles. The third-order valence-electron chi connectivity index (χ3n) is 5.99. The SMILES string of the molecule is O[C@@H]1C[C@H]2CN(Cc3cnc4ccccn34)C[C@H]2C[C@H]1Nc1cnccn1. The molecule has 7 heteroatoms. The lowest BCUT2D eigenvalue weighted by Crippen LogP contribution is -2.43. The second kappa shape index (κ2) is 6.90. The Labute approximate surface area is 158 Å². The molecule has 4 atom stereocenters. The minimum atomic E-state index is -0.344. The Morgan fingerprint density at radius 1 is 1.07 bits per heavy atom. The molecule has 0 radical (unpaired) electrons. The number of aromatic nitrogens is 4. The molecule has 2 aliphatic rings. The molecular formula is C20H24N6O. The van der Waals surface area contributed by atoms with Crippen molar-refractivity contribution in [2.75, 3.05) is 18.4 Å². The highest BCUT2D eigenvalue weighted by molar-refractivity contribution is 5.39. The third kappa shape index (κ3) is 3.28. The van der Waals surface area contributed by atoms with E-state index < -0.39 is 0 Å². The standard InChI is InChI=1S/C20H24N6O/c27-18-8-15-12-25(13-16-9-23-20-3-1-2-6-26(16)20)11-14(15)7-17(18)24-19-10-21-4-5-22-19/h1-6,9-10,14-15,17-18,27H,7-8,11-13H2,(H,22,24)/t14-,15+,17-,18-/m1/s1. The zero-order chi connectivity index (χ0) is 18.2. The van der Waals surface area contributed by atoms with Crippen LogP contribution in [-0.4, -0.2) is 54.6 Å². The number of hydrogen-bond acceptors (Lipinski definition) is 6. The summed E-state index contributed by atoms with van der Waals surface area (Å²) < 4.78 is 2.16. The van der Waals surface area contributed by atoms with Gasteiger partial charge in [0.1, 0.15) is 11.5 Å². The number of anilines is 1. The Hall–Kier alpha value is -2.51. The minimum Gasteiger partial charge on any atom is -0.391 e. The smallest absolute Gasteiger partial charge is 0.144 e. The van der Waals surface area contributed by atoms with Gasteiger partial charge in [-0.25, -0.2) is 9.97 Å². The van der Waals surface area contributed by atoms with Crippen LogP contribution in [0.15, 0.2) is 49.2 Å². The van der Waals surface area contributed by atoms with Crippen molar-refractivity contribution in [2.45, 2.75) is 31.5 Å². The normalized spacial score (nSPS) is 28.3. The van der Waals surface area contributed by atoms with Gasteiger partial charge in [-0.2, -0.15) is 0 Å². The summed E-state index contributed by atoms with van der Waals surface area (Å²) in [6, 6.07) is 6.13. The molecular weight excluding hydrogens is 340 g/mol. The average Bonchev–Trinajstić information content (AvgIpc) is 3.27. The summed E-state index contributed by atoms with van der Waals surface area (Å²) in [5.74, 6) is 1.89. The summed E-state index contributed by atoms with van der Waals surface area (Å²) in [4.78, 5) is 15.4. The number of likely N-dealkylation sites (tertiary alicyclic amines) is 1. The van der Waals surface area contributed by atoms with Crippen LogP contribution in [0.2, 0.25) is 0 Å². The molecule has 0 aromatic carbocycles. The quantitative estimate of drug-likeness (QED) is 0.735. The van der Waals surface area contributed by atoms with Crippen LogP contribution in [0.25, 0.3) is 5.65 Å². The van der Waals surface area contributed by atoms with Crippen molar-refractivity contribution in [2.24, 2.45) is 11.8 Å². The van der Waals surface area contributed by atoms with Crippen LogP contribution in [0, 0.1) is 11.8 Å². The van der Waals surface area contributed by atoms with Gasteiger partial charge in [-0.1, -0.05) is 6.07 Å². The first-order valence-corrected chi connectivity index (χ1v) is 9.60. The number of rotatable bonds is 4. The summed E-state index contributed by atoms with van der Waals surface area (Å²) in [6.45, 7) is 3.01. The third-order valence-corrected chi connectivity index (χ3v) is 5.99. The van der Waals surface area contributed by atoms with Gasteiger partial charge in [-0.15, -0.1) is 0 Å². The molecule has 1 saturated carbocycles. The Morgan fingerprint density at radius 2 is 1.96 bits per heavy atom. The summed E-state index contributed by atoms with van der Waals surface area (Å²) in [5, 5.41) is 14.0. The molecule has 0 amide bonds. The van der Waals surface area contributed by atoms with E-state index in [0.717, 1.165) is 43.9 Å². The second-order valence-corrected chi connectivity index (χ2v) is 7.77. The van der Waals surface area contributed by atoms with E-state index in [2.05, 4.69) is 35.8 Å². The van der Waals surface area contributed by atoms with E-state index >= 15 is 0 Å². The predicted octanol–water partition coefficient (Wildman–Crippen LogP) is 1.81. The molecule has 4 heterocycles. The second-order valence-electron chi connectivity index (χ2n) is 7.77. The number of imidazole rings is 1. The average molecular weight is 364 g/mol. The summed E-state index contributed by atoms with van der Waals surface area (Å²) in [6.07, 6.45) is 10.6. The van der Waals surface area contributed by atoms with Crippen molar-refractivity contribution >= 4 is 11.5 Å². The van der Waals surface area contributed by atoms with Gasteiger partial charge in [0.25, 0.3) is 0 Å². The van der Waals surface area contributed by atoms with Gasteiger partial charge in [-0.05, 0) is 36.8 Å². The van der Waals surface area contributed by atoms with Gasteiger partial charge < -0.3 is 14.8 Å². The number of nitrogens with one attached hydrogen (secondary N) is 1. The highest BCUT2D eigenvalue weighted by atomic mass is 16.3. The number of aliphatic hydroxyl groups is 1. The fraction of sp³-hybridized carbons (Fsp3) is 0.450. The molecule has 2 N–H and O–H groups in total. The molecule has 3 aromatic rings. The number of nitrogens with zero attached hydrogens (tertiary/aromatic N) is 5. The van der Waals surface area contributed by atoms with Gasteiger partial charge in [0.15, 0.2) is 0 Å². The van der Waals surface area contributed by atoms with Crippen LogP contribution in [-0.2, 0) is 6.54 Å². The van der Waals surface area contributed by atoms with Crippen LogP contribution in [0.5, 0.6) is 0 Å². The fourth-order valence-electron chi connectivity index (χ4n) is 4.71. The van der Waals surface area contributed by atoms with E-state index in [0.29, 0.717) is 11.8 Å². The zero-order valence-corrected chi connectivity index (χ0v) is 15.1. The van der Waals surface area contributed by atoms with Gasteiger partial charge in [0.2, 0.25) is 0 Å². The molecule has 3 aromatic heterocycles. The predicted molar refractivity (Wildman–Crippen MR) is 102 cm³/mol. The van der Waals surface area contributed by atoms with Gasteiger partial charge >= 0.3 is 0 Å². The molecule has 1 saturated heterocycles. The molecule has 27 heavy (non-hydrogen) atoms. The minimum absolute atomic E-state index is 0.0405. The maximum Gasteiger partial charge on any atom is 0.144 e. The number of aliphatic hydroxyl groups excluding tert-OH is 1. The lowest BCUT2D eigenvalue weighted by Gasteiger charge is -2.35. The molecule has 140 valence electrons. The van der Waals surface area contributed by atoms with E-state index in [9.17, 15) is 5.11 Å². The monoisotopic (exact) mass is 364 g/mol. The van der Waals surface area contributed by atoms with E-state index in [-0.39, 0.29) is 12.1 Å². The zero-order valence-electron chi connectivity index (χ0n) is 15.1. The molecule has 0 unspecified atom stereocenters. The van der Waals surface area contributed by atoms with Crippen molar-refractivity contribution < 1.29 is 5.11 Å². The van der Waals surface area contributed by atoms with E-state index in [1.54, 1.807) is 18.6 Å². The summed E-state index contributed by atoms with van der Waals surface area (Å²) in [5.41, 5.74) is 2.21. The van der Waals surface area contributed by atoms with Crippen LogP contribution < -0.4 is 5.32 Å². The Bertz CT molecular complexity index is 913. The molecule has 2 fully saturated rings.